The fourth-order valence-electron chi connectivity index (χ4n) is 2.02. The predicted molar refractivity (Wildman–Crippen MR) is 83.2 cm³/mol. The number of rotatable bonds is 2. The lowest BCUT2D eigenvalue weighted by atomic mass is 10.1. The highest BCUT2D eigenvalue weighted by molar-refractivity contribution is 9.10. The van der Waals surface area contributed by atoms with Crippen LogP contribution in [0.4, 0.5) is 0 Å². The molecular formula is C15H9BrCl2O. The molecule has 0 aliphatic rings. The lowest BCUT2D eigenvalue weighted by Crippen LogP contribution is -1.87. The van der Waals surface area contributed by atoms with E-state index in [1.165, 1.54) is 0 Å². The molecule has 0 saturated carbocycles. The van der Waals surface area contributed by atoms with Crippen LogP contribution in [0.1, 0.15) is 11.3 Å². The summed E-state index contributed by atoms with van der Waals surface area (Å²) in [6.45, 7) is 0. The zero-order chi connectivity index (χ0) is 13.4. The van der Waals surface area contributed by atoms with E-state index in [1.807, 2.05) is 30.3 Å². The second-order valence-corrected chi connectivity index (χ2v) is 6.07. The van der Waals surface area contributed by atoms with Crippen LogP contribution >= 0.6 is 39.1 Å². The molecule has 1 nitrogen and oxygen atoms in total. The maximum atomic E-state index is 6.16. The van der Waals surface area contributed by atoms with Crippen LogP contribution in [0.15, 0.2) is 51.4 Å². The van der Waals surface area contributed by atoms with Crippen molar-refractivity contribution in [1.29, 1.82) is 0 Å². The molecule has 3 rings (SSSR count). The Morgan fingerprint density at radius 1 is 1.00 bits per heavy atom. The molecule has 3 aromatic rings. The maximum absolute atomic E-state index is 6.16. The predicted octanol–water partition coefficient (Wildman–Crippen LogP) is 6.09. The molecule has 0 aliphatic carbocycles. The highest BCUT2D eigenvalue weighted by Crippen LogP contribution is 2.27. The minimum atomic E-state index is 0.631. The van der Waals surface area contributed by atoms with Crippen molar-refractivity contribution in [3.8, 4) is 0 Å². The van der Waals surface area contributed by atoms with E-state index in [0.29, 0.717) is 16.5 Å². The van der Waals surface area contributed by atoms with Gasteiger partial charge in [0.05, 0.1) is 0 Å². The highest BCUT2D eigenvalue weighted by atomic mass is 79.9. The van der Waals surface area contributed by atoms with Gasteiger partial charge in [0.2, 0.25) is 0 Å². The number of fused-ring (bicyclic) bond motifs is 1. The minimum absolute atomic E-state index is 0.631. The zero-order valence-electron chi connectivity index (χ0n) is 9.79. The van der Waals surface area contributed by atoms with Crippen molar-refractivity contribution in [2.24, 2.45) is 0 Å². The molecule has 0 unspecified atom stereocenters. The van der Waals surface area contributed by atoms with E-state index < -0.39 is 0 Å². The SMILES string of the molecule is Clc1ccc(Cl)c(Cc2cc3cc(Br)ccc3o2)c1. The summed E-state index contributed by atoms with van der Waals surface area (Å²) < 4.78 is 6.83. The van der Waals surface area contributed by atoms with Crippen LogP contribution in [0.2, 0.25) is 10.0 Å². The standard InChI is InChI=1S/C15H9BrCl2O/c16-11-1-4-15-10(5-11)8-13(19-15)7-9-6-12(17)2-3-14(9)18/h1-6,8H,7H2. The van der Waals surface area contributed by atoms with E-state index in [2.05, 4.69) is 15.9 Å². The molecule has 0 fully saturated rings. The summed E-state index contributed by atoms with van der Waals surface area (Å²) in [5.74, 6) is 0.872. The summed E-state index contributed by atoms with van der Waals surface area (Å²) in [5, 5.41) is 2.45. The van der Waals surface area contributed by atoms with Crippen molar-refractivity contribution in [2.45, 2.75) is 6.42 Å². The van der Waals surface area contributed by atoms with Crippen molar-refractivity contribution in [2.75, 3.05) is 0 Å². The van der Waals surface area contributed by atoms with Crippen LogP contribution in [0.3, 0.4) is 0 Å². The second-order valence-electron chi connectivity index (χ2n) is 4.31. The topological polar surface area (TPSA) is 13.1 Å². The first-order valence-corrected chi connectivity index (χ1v) is 7.28. The highest BCUT2D eigenvalue weighted by Gasteiger charge is 2.08. The zero-order valence-corrected chi connectivity index (χ0v) is 12.9. The number of hydrogen-bond donors (Lipinski definition) is 0. The Morgan fingerprint density at radius 3 is 2.68 bits per heavy atom. The van der Waals surface area contributed by atoms with Crippen LogP contribution < -0.4 is 0 Å². The van der Waals surface area contributed by atoms with Crippen molar-refractivity contribution in [3.05, 3.63) is 68.3 Å². The molecule has 1 heterocycles. The summed E-state index contributed by atoms with van der Waals surface area (Å²) in [4.78, 5) is 0. The van der Waals surface area contributed by atoms with Crippen molar-refractivity contribution >= 4 is 50.1 Å². The summed E-state index contributed by atoms with van der Waals surface area (Å²) in [7, 11) is 0. The summed E-state index contributed by atoms with van der Waals surface area (Å²) >= 11 is 15.6. The molecular weight excluding hydrogens is 347 g/mol. The molecule has 0 bridgehead atoms. The molecule has 19 heavy (non-hydrogen) atoms. The molecule has 96 valence electrons. The largest absolute Gasteiger partial charge is 0.461 e. The Labute approximate surface area is 129 Å². The second kappa shape index (κ2) is 5.20. The van der Waals surface area contributed by atoms with Crippen molar-refractivity contribution < 1.29 is 4.42 Å². The van der Waals surface area contributed by atoms with Gasteiger partial charge in [-0.05, 0) is 48.0 Å². The smallest absolute Gasteiger partial charge is 0.134 e. The summed E-state index contributed by atoms with van der Waals surface area (Å²) in [5.41, 5.74) is 1.84. The van der Waals surface area contributed by atoms with E-state index in [9.17, 15) is 0 Å². The van der Waals surface area contributed by atoms with Crippen LogP contribution in [0.5, 0.6) is 0 Å². The first-order chi connectivity index (χ1) is 9.11. The van der Waals surface area contributed by atoms with Gasteiger partial charge in [-0.25, -0.2) is 0 Å². The fraction of sp³-hybridized carbons (Fsp3) is 0.0667. The van der Waals surface area contributed by atoms with Gasteiger partial charge >= 0.3 is 0 Å². The quantitative estimate of drug-likeness (QED) is 0.541. The molecule has 0 aliphatic heterocycles. The summed E-state index contributed by atoms with van der Waals surface area (Å²) in [6.07, 6.45) is 0.631. The lowest BCUT2D eigenvalue weighted by molar-refractivity contribution is 0.563. The van der Waals surface area contributed by atoms with Crippen molar-refractivity contribution in [3.63, 3.8) is 0 Å². The molecule has 0 radical (unpaired) electrons. The van der Waals surface area contributed by atoms with Crippen LogP contribution in [-0.4, -0.2) is 0 Å². The number of hydrogen-bond acceptors (Lipinski definition) is 1. The number of halogens is 3. The monoisotopic (exact) mass is 354 g/mol. The van der Waals surface area contributed by atoms with Gasteiger partial charge in [-0.2, -0.15) is 0 Å². The Hall–Kier alpha value is -0.960. The third-order valence-corrected chi connectivity index (χ3v) is 4.00. The molecule has 4 heteroatoms. The van der Waals surface area contributed by atoms with E-state index >= 15 is 0 Å². The Morgan fingerprint density at radius 2 is 1.84 bits per heavy atom. The first kappa shape index (κ1) is 13.0. The van der Waals surface area contributed by atoms with Gasteiger partial charge in [0, 0.05) is 26.3 Å². The Bertz CT molecular complexity index is 749. The molecule has 2 aromatic carbocycles. The normalized spacial score (nSPS) is 11.1. The summed E-state index contributed by atoms with van der Waals surface area (Å²) in [6, 6.07) is 13.4. The van der Waals surface area contributed by atoms with E-state index in [0.717, 1.165) is 26.8 Å². The fourth-order valence-corrected chi connectivity index (χ4v) is 2.78. The van der Waals surface area contributed by atoms with Gasteiger partial charge in [-0.15, -0.1) is 0 Å². The third-order valence-electron chi connectivity index (χ3n) is 2.90. The lowest BCUT2D eigenvalue weighted by Gasteiger charge is -2.02. The molecule has 0 N–H and O–H groups in total. The molecule has 0 saturated heterocycles. The molecule has 0 amide bonds. The molecule has 1 aromatic heterocycles. The van der Waals surface area contributed by atoms with Gasteiger partial charge < -0.3 is 4.42 Å². The Balaban J connectivity index is 1.98. The van der Waals surface area contributed by atoms with Gasteiger partial charge in [-0.3, -0.25) is 0 Å². The van der Waals surface area contributed by atoms with Gasteiger partial charge in [0.1, 0.15) is 11.3 Å². The maximum Gasteiger partial charge on any atom is 0.134 e. The van der Waals surface area contributed by atoms with E-state index in [4.69, 9.17) is 27.6 Å². The molecule has 0 spiro atoms. The number of furan rings is 1. The van der Waals surface area contributed by atoms with Crippen LogP contribution in [0, 0.1) is 0 Å². The minimum Gasteiger partial charge on any atom is -0.461 e. The third kappa shape index (κ3) is 2.81. The van der Waals surface area contributed by atoms with Crippen molar-refractivity contribution in [1.82, 2.24) is 0 Å². The van der Waals surface area contributed by atoms with E-state index in [-0.39, 0.29) is 0 Å². The number of benzene rings is 2. The average Bonchev–Trinajstić information content (AvgIpc) is 2.75. The van der Waals surface area contributed by atoms with Gasteiger partial charge in [-0.1, -0.05) is 39.1 Å². The van der Waals surface area contributed by atoms with E-state index in [1.54, 1.807) is 12.1 Å². The van der Waals surface area contributed by atoms with Crippen LogP contribution in [0.25, 0.3) is 11.0 Å². The Kier molecular flexibility index (Phi) is 3.57. The average molecular weight is 356 g/mol. The molecule has 0 atom stereocenters. The van der Waals surface area contributed by atoms with Gasteiger partial charge in [0.15, 0.2) is 0 Å². The van der Waals surface area contributed by atoms with Gasteiger partial charge in [0.25, 0.3) is 0 Å². The van der Waals surface area contributed by atoms with Crippen LogP contribution in [-0.2, 0) is 6.42 Å². The first-order valence-electron chi connectivity index (χ1n) is 5.74.